The number of thioether (sulfide) groups is 1. The lowest BCUT2D eigenvalue weighted by Crippen LogP contribution is -2.52. The number of nitrogens with one attached hydrogen (secondary N) is 2. The molecule has 1 heterocycles. The quantitative estimate of drug-likeness (QED) is 0.467. The fourth-order valence-corrected chi connectivity index (χ4v) is 4.46. The summed E-state index contributed by atoms with van der Waals surface area (Å²) in [5.41, 5.74) is 5.59. The van der Waals surface area contributed by atoms with Crippen molar-refractivity contribution in [3.8, 4) is 5.75 Å². The van der Waals surface area contributed by atoms with Gasteiger partial charge in [-0.1, -0.05) is 12.1 Å². The highest BCUT2D eigenvalue weighted by Gasteiger charge is 2.43. The summed E-state index contributed by atoms with van der Waals surface area (Å²) in [5, 5.41) is 14.6. The topological polar surface area (TPSA) is 151 Å². The molecular formula is C21H24N4O5S. The molecule has 3 rings (SSSR count). The second-order valence-electron chi connectivity index (χ2n) is 7.92. The normalized spacial score (nSPS) is 20.2. The molecule has 31 heavy (non-hydrogen) atoms. The van der Waals surface area contributed by atoms with Gasteiger partial charge in [0, 0.05) is 17.1 Å². The van der Waals surface area contributed by atoms with Crippen molar-refractivity contribution in [2.24, 2.45) is 16.1 Å². The van der Waals surface area contributed by atoms with Crippen molar-refractivity contribution < 1.29 is 24.3 Å². The van der Waals surface area contributed by atoms with Gasteiger partial charge in [-0.05, 0) is 37.6 Å². The van der Waals surface area contributed by atoms with E-state index in [4.69, 9.17) is 5.73 Å². The number of benzene rings is 1. The summed E-state index contributed by atoms with van der Waals surface area (Å²) in [6, 6.07) is 4.50. The molecule has 0 saturated heterocycles. The van der Waals surface area contributed by atoms with Gasteiger partial charge >= 0.3 is 0 Å². The molecule has 1 aromatic rings. The predicted octanol–water partition coefficient (Wildman–Crippen LogP) is 0.0702. The summed E-state index contributed by atoms with van der Waals surface area (Å²) in [6.45, 7) is 3.18. The third-order valence-electron chi connectivity index (χ3n) is 5.13. The number of phenolic OH excluding ortho intramolecular Hbond substituents is 1. The number of carbonyl (C=O) groups is 4. The fourth-order valence-electron chi connectivity index (χ4n) is 3.27. The van der Waals surface area contributed by atoms with Crippen molar-refractivity contribution >= 4 is 41.0 Å². The van der Waals surface area contributed by atoms with Crippen LogP contribution in [-0.4, -0.2) is 58.7 Å². The summed E-state index contributed by atoms with van der Waals surface area (Å²) < 4.78 is 0. The summed E-state index contributed by atoms with van der Waals surface area (Å²) in [6.07, 6.45) is 1.70. The first-order chi connectivity index (χ1) is 14.6. The Balaban J connectivity index is 1.76. The lowest BCUT2D eigenvalue weighted by Gasteiger charge is -2.27. The number of aromatic hydroxyl groups is 1. The van der Waals surface area contributed by atoms with Crippen molar-refractivity contribution in [1.29, 1.82) is 0 Å². The van der Waals surface area contributed by atoms with Crippen molar-refractivity contribution in [3.63, 3.8) is 0 Å². The molecule has 10 heteroatoms. The SMILES string of the molecule is CC1(C)C(=O)C=C2SC[C@@H](C(=O)N[C@@H](Cc3ccc(O)cc3)C(=O)NCC(N)=O)N=C21. The first kappa shape index (κ1) is 22.5. The number of nitrogens with zero attached hydrogens (tertiary/aromatic N) is 1. The molecule has 0 aromatic heterocycles. The highest BCUT2D eigenvalue weighted by Crippen LogP contribution is 2.40. The molecular weight excluding hydrogens is 420 g/mol. The summed E-state index contributed by atoms with van der Waals surface area (Å²) in [7, 11) is 0. The van der Waals surface area contributed by atoms with Crippen molar-refractivity contribution in [3.05, 3.63) is 40.8 Å². The Hall–Kier alpha value is -3.14. The van der Waals surface area contributed by atoms with Gasteiger partial charge in [-0.2, -0.15) is 0 Å². The number of aliphatic imine (C=N–C) groups is 1. The van der Waals surface area contributed by atoms with Crippen LogP contribution in [0, 0.1) is 5.41 Å². The van der Waals surface area contributed by atoms with Crippen LogP contribution in [0.4, 0.5) is 0 Å². The molecule has 3 amide bonds. The minimum Gasteiger partial charge on any atom is -0.508 e. The monoisotopic (exact) mass is 444 g/mol. The van der Waals surface area contributed by atoms with E-state index in [1.807, 2.05) is 0 Å². The minimum absolute atomic E-state index is 0.0501. The highest BCUT2D eigenvalue weighted by molar-refractivity contribution is 8.04. The summed E-state index contributed by atoms with van der Waals surface area (Å²) >= 11 is 1.39. The van der Waals surface area contributed by atoms with E-state index in [-0.39, 0.29) is 24.5 Å². The van der Waals surface area contributed by atoms with Gasteiger partial charge < -0.3 is 21.5 Å². The Kier molecular flexibility index (Phi) is 6.49. The van der Waals surface area contributed by atoms with Crippen molar-refractivity contribution in [1.82, 2.24) is 10.6 Å². The second kappa shape index (κ2) is 8.93. The zero-order valence-corrected chi connectivity index (χ0v) is 18.0. The Morgan fingerprint density at radius 2 is 1.97 bits per heavy atom. The molecule has 164 valence electrons. The number of primary amides is 1. The van der Waals surface area contributed by atoms with Crippen LogP contribution in [0.2, 0.25) is 0 Å². The second-order valence-corrected chi connectivity index (χ2v) is 8.98. The molecule has 0 unspecified atom stereocenters. The zero-order valence-electron chi connectivity index (χ0n) is 17.2. The standard InChI is InChI=1S/C21H24N4O5S/c1-21(2)16(27)8-15-18(21)24-14(10-31-15)20(30)25-13(19(29)23-9-17(22)28)7-11-3-5-12(26)6-4-11/h3-6,8,13-14,26H,7,9-10H2,1-2H3,(H2,22,28)(H,23,29)(H,25,30)/t13-,14-/m0/s1. The molecule has 0 saturated carbocycles. The van der Waals surface area contributed by atoms with Gasteiger partial charge in [0.05, 0.1) is 17.7 Å². The van der Waals surface area contributed by atoms with Gasteiger partial charge in [0.2, 0.25) is 17.7 Å². The Morgan fingerprint density at radius 3 is 2.61 bits per heavy atom. The van der Waals surface area contributed by atoms with Crippen LogP contribution in [0.15, 0.2) is 40.2 Å². The van der Waals surface area contributed by atoms with Crippen molar-refractivity contribution in [2.75, 3.05) is 12.3 Å². The Labute approximate surface area is 183 Å². The fraction of sp³-hybridized carbons (Fsp3) is 0.381. The van der Waals surface area contributed by atoms with E-state index in [0.29, 0.717) is 17.0 Å². The molecule has 2 atom stereocenters. The first-order valence-corrected chi connectivity index (χ1v) is 10.7. The number of rotatable bonds is 7. The number of amides is 3. The molecule has 0 bridgehead atoms. The third-order valence-corrected chi connectivity index (χ3v) is 6.24. The smallest absolute Gasteiger partial charge is 0.246 e. The molecule has 5 N–H and O–H groups in total. The van der Waals surface area contributed by atoms with E-state index in [9.17, 15) is 24.3 Å². The molecule has 1 aliphatic heterocycles. The first-order valence-electron chi connectivity index (χ1n) is 9.70. The van der Waals surface area contributed by atoms with Crippen LogP contribution in [0.5, 0.6) is 5.75 Å². The van der Waals surface area contributed by atoms with E-state index < -0.39 is 35.2 Å². The number of hydrogen-bond acceptors (Lipinski definition) is 7. The molecule has 1 aromatic carbocycles. The molecule has 2 aliphatic rings. The van der Waals surface area contributed by atoms with Gasteiger partial charge in [0.1, 0.15) is 17.8 Å². The number of carbonyl (C=O) groups excluding carboxylic acids is 4. The van der Waals surface area contributed by atoms with Crippen LogP contribution in [-0.2, 0) is 25.6 Å². The number of ketones is 1. The van der Waals surface area contributed by atoms with Gasteiger partial charge in [-0.25, -0.2) is 0 Å². The number of hydrogen-bond donors (Lipinski definition) is 4. The van der Waals surface area contributed by atoms with Crippen LogP contribution < -0.4 is 16.4 Å². The minimum atomic E-state index is -0.975. The van der Waals surface area contributed by atoms with Gasteiger partial charge in [-0.15, -0.1) is 11.8 Å². The zero-order chi connectivity index (χ0) is 22.8. The van der Waals surface area contributed by atoms with Gasteiger partial charge in [0.15, 0.2) is 5.78 Å². The Morgan fingerprint density at radius 1 is 1.29 bits per heavy atom. The molecule has 9 nitrogen and oxygen atoms in total. The lowest BCUT2D eigenvalue weighted by molar-refractivity contribution is -0.130. The average molecular weight is 445 g/mol. The van der Waals surface area contributed by atoms with Crippen LogP contribution >= 0.6 is 11.8 Å². The van der Waals surface area contributed by atoms with Crippen LogP contribution in [0.25, 0.3) is 0 Å². The largest absolute Gasteiger partial charge is 0.508 e. The van der Waals surface area contributed by atoms with E-state index >= 15 is 0 Å². The molecule has 0 fully saturated rings. The maximum absolute atomic E-state index is 12.9. The Bertz CT molecular complexity index is 984. The summed E-state index contributed by atoms with van der Waals surface area (Å²) in [5.74, 6) is -1.34. The third kappa shape index (κ3) is 5.13. The van der Waals surface area contributed by atoms with E-state index in [1.54, 1.807) is 32.1 Å². The molecule has 0 radical (unpaired) electrons. The van der Waals surface area contributed by atoms with Crippen LogP contribution in [0.3, 0.4) is 0 Å². The van der Waals surface area contributed by atoms with E-state index in [0.717, 1.165) is 4.91 Å². The van der Waals surface area contributed by atoms with Crippen molar-refractivity contribution in [2.45, 2.75) is 32.4 Å². The summed E-state index contributed by atoms with van der Waals surface area (Å²) in [4.78, 5) is 54.0. The lowest BCUT2D eigenvalue weighted by atomic mass is 9.87. The number of nitrogens with two attached hydrogens (primary N) is 1. The number of allylic oxidation sites excluding steroid dienone is 2. The van der Waals surface area contributed by atoms with E-state index in [2.05, 4.69) is 15.6 Å². The molecule has 1 aliphatic carbocycles. The van der Waals surface area contributed by atoms with Gasteiger partial charge in [-0.3, -0.25) is 24.2 Å². The highest BCUT2D eigenvalue weighted by atomic mass is 32.2. The molecule has 0 spiro atoms. The van der Waals surface area contributed by atoms with Gasteiger partial charge in [0.25, 0.3) is 0 Å². The maximum atomic E-state index is 12.9. The number of phenols is 1. The number of fused-ring (bicyclic) bond motifs is 1. The maximum Gasteiger partial charge on any atom is 0.246 e. The van der Waals surface area contributed by atoms with Crippen LogP contribution in [0.1, 0.15) is 19.4 Å². The predicted molar refractivity (Wildman–Crippen MR) is 116 cm³/mol. The average Bonchev–Trinajstić information content (AvgIpc) is 2.95. The van der Waals surface area contributed by atoms with E-state index in [1.165, 1.54) is 23.9 Å².